The van der Waals surface area contributed by atoms with Crippen LogP contribution >= 0.6 is 0 Å². The molecule has 2 saturated heterocycles. The average molecular weight is 668 g/mol. The number of nitrogens with zero attached hydrogens (tertiary/aromatic N) is 5. The van der Waals surface area contributed by atoms with Crippen LogP contribution in [0.1, 0.15) is 91.2 Å². The van der Waals surface area contributed by atoms with E-state index in [4.69, 9.17) is 16.0 Å². The lowest BCUT2D eigenvalue weighted by molar-refractivity contribution is -0.146. The normalized spacial score (nSPS) is 25.2. The fourth-order valence-electron chi connectivity index (χ4n) is 5.73. The fraction of sp³-hybridized carbons (Fsp3) is 0.459. The number of nitriles is 1. The Balaban J connectivity index is 0.000000213. The second kappa shape index (κ2) is 17.4. The van der Waals surface area contributed by atoms with Gasteiger partial charge in [0.05, 0.1) is 37.2 Å². The number of ether oxygens (including phenoxy) is 2. The molecule has 0 radical (unpaired) electrons. The van der Waals surface area contributed by atoms with Crippen molar-refractivity contribution in [1.82, 2.24) is 25.6 Å². The van der Waals surface area contributed by atoms with E-state index >= 15 is 0 Å². The van der Waals surface area contributed by atoms with Crippen molar-refractivity contribution in [2.45, 2.75) is 91.0 Å². The summed E-state index contributed by atoms with van der Waals surface area (Å²) < 4.78 is 10.1. The Morgan fingerprint density at radius 1 is 0.857 bits per heavy atom. The second-order valence-electron chi connectivity index (χ2n) is 12.5. The number of rotatable bonds is 7. The van der Waals surface area contributed by atoms with Crippen molar-refractivity contribution in [2.24, 2.45) is 5.41 Å². The minimum absolute atomic E-state index is 0.206. The topological polar surface area (TPSA) is 161 Å². The van der Waals surface area contributed by atoms with Crippen molar-refractivity contribution in [2.75, 3.05) is 13.2 Å². The van der Waals surface area contributed by atoms with Gasteiger partial charge in [0.1, 0.15) is 18.1 Å². The summed E-state index contributed by atoms with van der Waals surface area (Å²) in [7, 11) is 0. The minimum Gasteiger partial charge on any atom is -0.465 e. The van der Waals surface area contributed by atoms with Crippen molar-refractivity contribution in [3.8, 4) is 6.07 Å². The van der Waals surface area contributed by atoms with E-state index in [1.165, 1.54) is 0 Å². The molecule has 0 aromatic carbocycles. The first-order valence-electron chi connectivity index (χ1n) is 16.2. The molecule has 2 N–H and O–H groups in total. The summed E-state index contributed by atoms with van der Waals surface area (Å²) in [5.41, 5.74) is 3.96. The Hall–Kier alpha value is -5.04. The summed E-state index contributed by atoms with van der Waals surface area (Å²) in [4.78, 5) is 50.0. The molecule has 5 heterocycles. The molecular formula is C37H45N7O5. The number of nitrogens with one attached hydrogen (secondary N) is 2. The predicted octanol–water partition coefficient (Wildman–Crippen LogP) is 5.12. The number of aromatic nitrogens is 3. The van der Waals surface area contributed by atoms with Gasteiger partial charge in [-0.05, 0) is 83.4 Å². The lowest BCUT2D eigenvalue weighted by Gasteiger charge is -2.23. The van der Waals surface area contributed by atoms with Gasteiger partial charge in [0.2, 0.25) is 0 Å². The molecule has 2 fully saturated rings. The summed E-state index contributed by atoms with van der Waals surface area (Å²) in [6, 6.07) is 12.3. The lowest BCUT2D eigenvalue weighted by Crippen LogP contribution is -2.34. The standard InChI is InChI=1S/2C15H19N3O2.C7H7NO/c1-5-20-14(19)12-8-15(3,16-4)13(18-12)11-7-6-10(2)17-9-11;1-4-20-14(19)12-7-15(3,9-16)13(18-12)11-6-5-10(2)17-8-11;1-6-2-3-7(5-9)4-8-6/h6-7,9,12-13,18H,5,8H2,1-3H3;5-6,8,12-13,18H,4,7H2,1-3H3;2-5H,1H3/t2*12-,13?,15+;/m00./s1. The highest BCUT2D eigenvalue weighted by molar-refractivity contribution is 5.77. The number of carbonyl (C=O) groups is 3. The highest BCUT2D eigenvalue weighted by Gasteiger charge is 2.53. The predicted molar refractivity (Wildman–Crippen MR) is 183 cm³/mol. The Bertz CT molecular complexity index is 1550. The summed E-state index contributed by atoms with van der Waals surface area (Å²) in [5.74, 6) is -0.582. The molecule has 0 amide bonds. The van der Waals surface area contributed by atoms with Gasteiger partial charge in [-0.3, -0.25) is 40.0 Å². The largest absolute Gasteiger partial charge is 0.465 e. The zero-order chi connectivity index (χ0) is 36.2. The van der Waals surface area contributed by atoms with E-state index in [2.05, 4.69) is 36.5 Å². The van der Waals surface area contributed by atoms with Crippen LogP contribution in [0.4, 0.5) is 0 Å². The van der Waals surface area contributed by atoms with Crippen LogP contribution < -0.4 is 10.6 Å². The van der Waals surface area contributed by atoms with E-state index in [-0.39, 0.29) is 24.0 Å². The van der Waals surface area contributed by atoms with Gasteiger partial charge in [-0.1, -0.05) is 12.1 Å². The van der Waals surface area contributed by atoms with Gasteiger partial charge < -0.3 is 14.3 Å². The first kappa shape index (κ1) is 38.4. The first-order valence-corrected chi connectivity index (χ1v) is 16.2. The van der Waals surface area contributed by atoms with E-state index < -0.39 is 23.0 Å². The fourth-order valence-corrected chi connectivity index (χ4v) is 5.73. The molecule has 0 saturated carbocycles. The maximum atomic E-state index is 11.9. The summed E-state index contributed by atoms with van der Waals surface area (Å²) in [5, 5.41) is 15.9. The third kappa shape index (κ3) is 9.99. The van der Waals surface area contributed by atoms with Crippen LogP contribution in [0.25, 0.3) is 4.85 Å². The molecule has 0 bridgehead atoms. The molecule has 5 rings (SSSR count). The van der Waals surface area contributed by atoms with Gasteiger partial charge in [0.25, 0.3) is 5.54 Å². The van der Waals surface area contributed by atoms with Gasteiger partial charge in [-0.15, -0.1) is 0 Å². The Labute approximate surface area is 288 Å². The molecule has 2 unspecified atom stereocenters. The lowest BCUT2D eigenvalue weighted by atomic mass is 9.80. The smallest absolute Gasteiger partial charge is 0.323 e. The zero-order valence-corrected chi connectivity index (χ0v) is 29.2. The molecule has 2 aliphatic heterocycles. The molecule has 12 nitrogen and oxygen atoms in total. The summed E-state index contributed by atoms with van der Waals surface area (Å²) in [6.07, 6.45) is 6.77. The van der Waals surface area contributed by atoms with Crippen LogP contribution in [-0.4, -0.2) is 64.0 Å². The third-order valence-corrected chi connectivity index (χ3v) is 8.50. The van der Waals surface area contributed by atoms with Crippen molar-refractivity contribution in [3.05, 3.63) is 100 Å². The summed E-state index contributed by atoms with van der Waals surface area (Å²) >= 11 is 0. The molecule has 0 spiro atoms. The van der Waals surface area contributed by atoms with Gasteiger partial charge in [-0.25, -0.2) is 6.57 Å². The number of aldehydes is 1. The molecule has 0 aliphatic carbocycles. The Morgan fingerprint density at radius 2 is 1.33 bits per heavy atom. The number of pyridine rings is 3. The average Bonchev–Trinajstić information content (AvgIpc) is 3.65. The van der Waals surface area contributed by atoms with E-state index in [9.17, 15) is 19.6 Å². The van der Waals surface area contributed by atoms with Crippen LogP contribution in [0.3, 0.4) is 0 Å². The van der Waals surface area contributed by atoms with Crippen molar-refractivity contribution >= 4 is 18.2 Å². The van der Waals surface area contributed by atoms with Crippen LogP contribution in [0, 0.1) is 44.1 Å². The number of carbonyl (C=O) groups excluding carboxylic acids is 3. The van der Waals surface area contributed by atoms with E-state index in [1.807, 2.05) is 65.0 Å². The van der Waals surface area contributed by atoms with Crippen molar-refractivity contribution < 1.29 is 23.9 Å². The SMILES string of the molecule is CCOC(=O)[C@@H]1C[C@](C)(C#N)C(c2ccc(C)nc2)N1.Cc1ccc(C=O)cn1.[C-]#[N+][C@]1(C)C[C@@H](C(=O)OCC)NC1c1ccc(C)nc1. The third-order valence-electron chi connectivity index (χ3n) is 8.50. The monoisotopic (exact) mass is 667 g/mol. The van der Waals surface area contributed by atoms with E-state index in [1.54, 1.807) is 38.5 Å². The molecule has 2 aliphatic rings. The maximum Gasteiger partial charge on any atom is 0.323 e. The second-order valence-corrected chi connectivity index (χ2v) is 12.5. The summed E-state index contributed by atoms with van der Waals surface area (Å²) in [6.45, 7) is 21.2. The van der Waals surface area contributed by atoms with Gasteiger partial charge in [0.15, 0.2) is 6.29 Å². The van der Waals surface area contributed by atoms with Crippen molar-refractivity contribution in [1.29, 1.82) is 5.26 Å². The molecule has 49 heavy (non-hydrogen) atoms. The van der Waals surface area contributed by atoms with Gasteiger partial charge in [-0.2, -0.15) is 5.26 Å². The van der Waals surface area contributed by atoms with Crippen LogP contribution in [0.5, 0.6) is 0 Å². The highest BCUT2D eigenvalue weighted by Crippen LogP contribution is 2.43. The highest BCUT2D eigenvalue weighted by atomic mass is 16.5. The quantitative estimate of drug-likeness (QED) is 0.195. The van der Waals surface area contributed by atoms with Gasteiger partial charge >= 0.3 is 11.9 Å². The van der Waals surface area contributed by atoms with Gasteiger partial charge in [0, 0.05) is 48.2 Å². The number of hydrogen-bond acceptors (Lipinski definition) is 11. The number of hydrogen-bond donors (Lipinski definition) is 2. The Kier molecular flexibility index (Phi) is 13.6. The van der Waals surface area contributed by atoms with E-state index in [0.717, 1.165) is 34.5 Å². The van der Waals surface area contributed by atoms with Crippen molar-refractivity contribution in [3.63, 3.8) is 0 Å². The molecule has 12 heteroatoms. The van der Waals surface area contributed by atoms with Crippen LogP contribution in [-0.2, 0) is 19.1 Å². The molecular weight excluding hydrogens is 622 g/mol. The molecule has 3 aromatic rings. The molecule has 6 atom stereocenters. The number of esters is 2. The maximum absolute atomic E-state index is 11.9. The van der Waals surface area contributed by atoms with Crippen LogP contribution in [0.2, 0.25) is 0 Å². The molecule has 3 aromatic heterocycles. The minimum atomic E-state index is -0.658. The Morgan fingerprint density at radius 3 is 1.73 bits per heavy atom. The number of aryl methyl sites for hydroxylation is 3. The van der Waals surface area contributed by atoms with Crippen LogP contribution in [0.15, 0.2) is 55.0 Å². The zero-order valence-electron chi connectivity index (χ0n) is 29.2. The molecule has 258 valence electrons. The first-order chi connectivity index (χ1) is 23.3. The van der Waals surface area contributed by atoms with E-state index in [0.29, 0.717) is 31.6 Å².